The summed E-state index contributed by atoms with van der Waals surface area (Å²) < 4.78 is 0. The molecule has 0 aliphatic heterocycles. The van der Waals surface area contributed by atoms with Gasteiger partial charge in [-0.05, 0) is 54.5 Å². The van der Waals surface area contributed by atoms with E-state index in [0.717, 1.165) is 37.8 Å². The normalized spacial score (nSPS) is 16.6. The van der Waals surface area contributed by atoms with Gasteiger partial charge >= 0.3 is 0 Å². The second-order valence-corrected chi connectivity index (χ2v) is 8.20. The highest BCUT2D eigenvalue weighted by atomic mass is 35.5. The molecule has 1 N–H and O–H groups in total. The lowest BCUT2D eigenvalue weighted by Gasteiger charge is -2.36. The van der Waals surface area contributed by atoms with E-state index < -0.39 is 0 Å². The standard InChI is InChI=1S/C24H29ClN2O2/c1-3-14-27(22-13-10-18-6-4-5-7-20(18)15-22)24(29)16-23(26-17(2)28)19-8-11-21(25)12-9-19/h4-9,11-12,22-23H,3,10,13-16H2,1-2H3,(H,26,28). The maximum absolute atomic E-state index is 13.3. The highest BCUT2D eigenvalue weighted by molar-refractivity contribution is 6.30. The van der Waals surface area contributed by atoms with Crippen LogP contribution in [0, 0.1) is 0 Å². The lowest BCUT2D eigenvalue weighted by atomic mass is 9.87. The molecule has 1 aliphatic carbocycles. The fourth-order valence-corrected chi connectivity index (χ4v) is 4.31. The second kappa shape index (κ2) is 9.93. The number of carbonyl (C=O) groups is 2. The van der Waals surface area contributed by atoms with Crippen LogP contribution in [0.25, 0.3) is 0 Å². The molecule has 0 aromatic heterocycles. The molecule has 1 aliphatic rings. The number of halogens is 1. The van der Waals surface area contributed by atoms with E-state index in [9.17, 15) is 9.59 Å². The molecule has 5 heteroatoms. The van der Waals surface area contributed by atoms with Crippen LogP contribution in [0.3, 0.4) is 0 Å². The molecule has 154 valence electrons. The van der Waals surface area contributed by atoms with Gasteiger partial charge in [0.15, 0.2) is 0 Å². The van der Waals surface area contributed by atoms with Crippen LogP contribution in [0.2, 0.25) is 5.02 Å². The first kappa shape index (κ1) is 21.4. The summed E-state index contributed by atoms with van der Waals surface area (Å²) in [6.07, 6.45) is 4.04. The third-order valence-corrected chi connectivity index (χ3v) is 5.83. The van der Waals surface area contributed by atoms with Crippen LogP contribution < -0.4 is 5.32 Å². The van der Waals surface area contributed by atoms with Crippen molar-refractivity contribution in [3.8, 4) is 0 Å². The Bertz CT molecular complexity index is 850. The highest BCUT2D eigenvalue weighted by Crippen LogP contribution is 2.27. The Morgan fingerprint density at radius 2 is 1.83 bits per heavy atom. The van der Waals surface area contributed by atoms with Gasteiger partial charge < -0.3 is 10.2 Å². The fourth-order valence-electron chi connectivity index (χ4n) is 4.18. The molecule has 0 bridgehead atoms. The summed E-state index contributed by atoms with van der Waals surface area (Å²) in [6.45, 7) is 4.32. The molecule has 0 saturated heterocycles. The summed E-state index contributed by atoms with van der Waals surface area (Å²) >= 11 is 6.00. The summed E-state index contributed by atoms with van der Waals surface area (Å²) in [7, 11) is 0. The number of fused-ring (bicyclic) bond motifs is 1. The molecule has 2 atom stereocenters. The molecule has 0 spiro atoms. The van der Waals surface area contributed by atoms with Crippen molar-refractivity contribution < 1.29 is 9.59 Å². The Hall–Kier alpha value is -2.33. The van der Waals surface area contributed by atoms with Gasteiger partial charge in [0.2, 0.25) is 11.8 Å². The smallest absolute Gasteiger partial charge is 0.225 e. The van der Waals surface area contributed by atoms with Crippen LogP contribution in [0.4, 0.5) is 0 Å². The van der Waals surface area contributed by atoms with E-state index in [0.29, 0.717) is 5.02 Å². The van der Waals surface area contributed by atoms with Crippen LogP contribution in [0.5, 0.6) is 0 Å². The van der Waals surface area contributed by atoms with E-state index in [2.05, 4.69) is 36.5 Å². The van der Waals surface area contributed by atoms with Gasteiger partial charge in [-0.15, -0.1) is 0 Å². The Morgan fingerprint density at radius 1 is 1.14 bits per heavy atom. The first-order chi connectivity index (χ1) is 14.0. The molecule has 2 aromatic rings. The third kappa shape index (κ3) is 5.60. The maximum atomic E-state index is 13.3. The quantitative estimate of drug-likeness (QED) is 0.716. The average molecular weight is 413 g/mol. The minimum absolute atomic E-state index is 0.0879. The zero-order valence-electron chi connectivity index (χ0n) is 17.2. The number of rotatable bonds is 7. The molecule has 29 heavy (non-hydrogen) atoms. The second-order valence-electron chi connectivity index (χ2n) is 7.76. The predicted molar refractivity (Wildman–Crippen MR) is 117 cm³/mol. The molecule has 0 saturated carbocycles. The van der Waals surface area contributed by atoms with Crippen LogP contribution in [-0.4, -0.2) is 29.3 Å². The van der Waals surface area contributed by atoms with Crippen LogP contribution in [-0.2, 0) is 22.4 Å². The first-order valence-electron chi connectivity index (χ1n) is 10.4. The molecule has 0 fully saturated rings. The predicted octanol–water partition coefficient (Wildman–Crippen LogP) is 4.70. The Kier molecular flexibility index (Phi) is 7.32. The highest BCUT2D eigenvalue weighted by Gasteiger charge is 2.29. The summed E-state index contributed by atoms with van der Waals surface area (Å²) in [5.74, 6) is -0.0590. The molecule has 0 radical (unpaired) electrons. The third-order valence-electron chi connectivity index (χ3n) is 5.58. The zero-order chi connectivity index (χ0) is 20.8. The van der Waals surface area contributed by atoms with Crippen molar-refractivity contribution >= 4 is 23.4 Å². The number of hydrogen-bond acceptors (Lipinski definition) is 2. The topological polar surface area (TPSA) is 49.4 Å². The van der Waals surface area contributed by atoms with Crippen molar-refractivity contribution in [2.45, 2.75) is 58.0 Å². The monoisotopic (exact) mass is 412 g/mol. The molecule has 0 heterocycles. The lowest BCUT2D eigenvalue weighted by molar-refractivity contribution is -0.134. The van der Waals surface area contributed by atoms with Gasteiger partial charge in [0.1, 0.15) is 0 Å². The molecule has 2 amide bonds. The number of benzene rings is 2. The van der Waals surface area contributed by atoms with Crippen LogP contribution in [0.1, 0.15) is 55.8 Å². The van der Waals surface area contributed by atoms with Gasteiger partial charge in [-0.2, -0.15) is 0 Å². The van der Waals surface area contributed by atoms with Crippen molar-refractivity contribution in [1.29, 1.82) is 0 Å². The molecule has 2 aromatic carbocycles. The minimum Gasteiger partial charge on any atom is -0.349 e. The number of hydrogen-bond donors (Lipinski definition) is 1. The number of nitrogens with zero attached hydrogens (tertiary/aromatic N) is 1. The van der Waals surface area contributed by atoms with E-state index in [1.54, 1.807) is 12.1 Å². The van der Waals surface area contributed by atoms with Crippen LogP contribution in [0.15, 0.2) is 48.5 Å². The van der Waals surface area contributed by atoms with Crippen molar-refractivity contribution in [2.24, 2.45) is 0 Å². The zero-order valence-corrected chi connectivity index (χ0v) is 17.9. The van der Waals surface area contributed by atoms with Crippen molar-refractivity contribution in [3.63, 3.8) is 0 Å². The van der Waals surface area contributed by atoms with Gasteiger partial charge in [-0.1, -0.05) is 54.9 Å². The largest absolute Gasteiger partial charge is 0.349 e. The maximum Gasteiger partial charge on any atom is 0.225 e. The fraction of sp³-hybridized carbons (Fsp3) is 0.417. The molecule has 3 rings (SSSR count). The van der Waals surface area contributed by atoms with E-state index in [-0.39, 0.29) is 30.3 Å². The Morgan fingerprint density at radius 3 is 2.48 bits per heavy atom. The van der Waals surface area contributed by atoms with E-state index in [1.807, 2.05) is 17.0 Å². The SMILES string of the molecule is CCCN(C(=O)CC(NC(C)=O)c1ccc(Cl)cc1)C1CCc2ccccc2C1. The lowest BCUT2D eigenvalue weighted by Crippen LogP contribution is -2.45. The van der Waals surface area contributed by atoms with E-state index in [1.165, 1.54) is 18.1 Å². The van der Waals surface area contributed by atoms with Crippen molar-refractivity contribution in [2.75, 3.05) is 6.54 Å². The summed E-state index contributed by atoms with van der Waals surface area (Å²) in [5.41, 5.74) is 3.63. The number of carbonyl (C=O) groups excluding carboxylic acids is 2. The van der Waals surface area contributed by atoms with Gasteiger partial charge in [0, 0.05) is 24.5 Å². The van der Waals surface area contributed by atoms with Crippen molar-refractivity contribution in [3.05, 3.63) is 70.2 Å². The Labute approximate surface area is 178 Å². The van der Waals surface area contributed by atoms with E-state index in [4.69, 9.17) is 11.6 Å². The molecular weight excluding hydrogens is 384 g/mol. The van der Waals surface area contributed by atoms with Gasteiger partial charge in [0.25, 0.3) is 0 Å². The average Bonchev–Trinajstić information content (AvgIpc) is 2.71. The molecule has 4 nitrogen and oxygen atoms in total. The summed E-state index contributed by atoms with van der Waals surface area (Å²) in [5, 5.41) is 3.57. The Balaban J connectivity index is 1.76. The number of amides is 2. The van der Waals surface area contributed by atoms with Gasteiger partial charge in [-0.25, -0.2) is 0 Å². The first-order valence-corrected chi connectivity index (χ1v) is 10.7. The van der Waals surface area contributed by atoms with Crippen LogP contribution >= 0.6 is 11.6 Å². The minimum atomic E-state index is -0.354. The van der Waals surface area contributed by atoms with Crippen molar-refractivity contribution in [1.82, 2.24) is 10.2 Å². The number of nitrogens with one attached hydrogen (secondary N) is 1. The van der Waals surface area contributed by atoms with Gasteiger partial charge in [-0.3, -0.25) is 9.59 Å². The number of aryl methyl sites for hydroxylation is 1. The van der Waals surface area contributed by atoms with Gasteiger partial charge in [0.05, 0.1) is 12.5 Å². The molecular formula is C24H29ClN2O2. The van der Waals surface area contributed by atoms with E-state index >= 15 is 0 Å². The molecule has 2 unspecified atom stereocenters. The summed E-state index contributed by atoms with van der Waals surface area (Å²) in [4.78, 5) is 27.1. The summed E-state index contributed by atoms with van der Waals surface area (Å²) in [6, 6.07) is 15.7.